The second kappa shape index (κ2) is 22.0. The van der Waals surface area contributed by atoms with Crippen LogP contribution in [0.3, 0.4) is 0 Å². The molecule has 1 heterocycles. The molecule has 56 heavy (non-hydrogen) atoms. The van der Waals surface area contributed by atoms with E-state index in [1.807, 2.05) is 42.5 Å². The zero-order valence-corrected chi connectivity index (χ0v) is 39.1. The molecular formula is C46H74O8Si2. The second-order valence-electron chi connectivity index (χ2n) is 17.6. The number of rotatable bonds is 20. The Balaban J connectivity index is 2.04. The number of ether oxygens (including phenoxy) is 6. The quantitative estimate of drug-likeness (QED) is 0.0566. The molecule has 2 aromatic rings. The van der Waals surface area contributed by atoms with Gasteiger partial charge in [-0.1, -0.05) is 129 Å². The molecule has 3 rings (SSSR count). The third-order valence-electron chi connectivity index (χ3n) is 12.7. The van der Waals surface area contributed by atoms with Gasteiger partial charge in [0.1, 0.15) is 12.5 Å². The molecule has 0 aliphatic carbocycles. The van der Waals surface area contributed by atoms with Crippen molar-refractivity contribution in [3.05, 3.63) is 65.7 Å². The zero-order valence-electron chi connectivity index (χ0n) is 37.1. The minimum Gasteiger partial charge on any atom is -0.497 e. The van der Waals surface area contributed by atoms with E-state index in [-0.39, 0.29) is 47.9 Å². The molecule has 0 unspecified atom stereocenters. The average Bonchev–Trinajstić information content (AvgIpc) is 3.18. The standard InChI is InChI=1S/C46H74O8Si2/c1-15-56(16-2,17-3)31-35(6)42(51-32-48-11)33(4)23-26-40(52-44(47)37-21-19-18-20-22-37)29-41(54-55(13,14)46(8,9)10)36(7)43-34(5)30-50-45(53-43)38-24-27-39(49-12)28-25-38/h18-22,24-25,27-28,33-36,40-43,45H,15-17,29-32H2,1-14H3/t33-,34-,35-,36-,40+,41-,42-,43+,45+/m0/s1. The van der Waals surface area contributed by atoms with Crippen LogP contribution in [0.2, 0.25) is 42.3 Å². The van der Waals surface area contributed by atoms with Crippen molar-refractivity contribution in [1.82, 2.24) is 0 Å². The van der Waals surface area contributed by atoms with Crippen molar-refractivity contribution in [3.8, 4) is 17.6 Å². The minimum atomic E-state index is -2.32. The molecular weight excluding hydrogens is 737 g/mol. The largest absolute Gasteiger partial charge is 0.497 e. The molecule has 0 N–H and O–H groups in total. The van der Waals surface area contributed by atoms with E-state index in [1.54, 1.807) is 26.4 Å². The lowest BCUT2D eigenvalue weighted by Gasteiger charge is -2.45. The van der Waals surface area contributed by atoms with E-state index in [9.17, 15) is 4.79 Å². The molecule has 314 valence electrons. The summed E-state index contributed by atoms with van der Waals surface area (Å²) in [7, 11) is -0.443. The van der Waals surface area contributed by atoms with Crippen LogP contribution in [0.1, 0.15) is 97.9 Å². The number of carbonyl (C=O) groups excluding carboxylic acids is 1. The summed E-state index contributed by atoms with van der Waals surface area (Å²) in [6.07, 6.45) is -1.50. The highest BCUT2D eigenvalue weighted by atomic mass is 28.4. The van der Waals surface area contributed by atoms with Gasteiger partial charge >= 0.3 is 5.97 Å². The SMILES string of the molecule is CC[Si](CC)(CC)C[C@H](C)[C@@H](OCOC)[C@@H](C)C#C[C@H](C[C@H](O[Si](C)(C)C(C)(C)C)[C@H](C)[C@@H]1O[C@H](c2ccc(OC)cc2)OC[C@@H]1C)OC(=O)c1ccccc1. The van der Waals surface area contributed by atoms with Crippen molar-refractivity contribution in [2.45, 2.75) is 149 Å². The van der Waals surface area contributed by atoms with Crippen molar-refractivity contribution in [3.63, 3.8) is 0 Å². The summed E-state index contributed by atoms with van der Waals surface area (Å²) in [5.74, 6) is 7.57. The normalized spacial score (nSPS) is 21.1. The van der Waals surface area contributed by atoms with Gasteiger partial charge in [0.2, 0.25) is 0 Å². The van der Waals surface area contributed by atoms with Gasteiger partial charge in [-0.05, 0) is 55.2 Å². The summed E-state index contributed by atoms with van der Waals surface area (Å²) < 4.78 is 43.8. The number of hydrogen-bond acceptors (Lipinski definition) is 8. The number of carbonyl (C=O) groups is 1. The Morgan fingerprint density at radius 2 is 1.55 bits per heavy atom. The summed E-state index contributed by atoms with van der Waals surface area (Å²) >= 11 is 0. The number of methoxy groups -OCH3 is 2. The highest BCUT2D eigenvalue weighted by molar-refractivity contribution is 6.79. The van der Waals surface area contributed by atoms with E-state index < -0.39 is 34.8 Å². The predicted molar refractivity (Wildman–Crippen MR) is 232 cm³/mol. The Morgan fingerprint density at radius 3 is 2.11 bits per heavy atom. The van der Waals surface area contributed by atoms with Gasteiger partial charge in [0.25, 0.3) is 0 Å². The predicted octanol–water partition coefficient (Wildman–Crippen LogP) is 11.2. The van der Waals surface area contributed by atoms with E-state index in [0.717, 1.165) is 11.3 Å². The molecule has 0 bridgehead atoms. The summed E-state index contributed by atoms with van der Waals surface area (Å²) in [6, 6.07) is 21.9. The molecule has 1 aliphatic rings. The monoisotopic (exact) mass is 810 g/mol. The molecule has 0 aromatic heterocycles. The summed E-state index contributed by atoms with van der Waals surface area (Å²) in [5.41, 5.74) is 1.42. The minimum absolute atomic E-state index is 0.0504. The van der Waals surface area contributed by atoms with Crippen LogP contribution < -0.4 is 4.74 Å². The maximum Gasteiger partial charge on any atom is 0.339 e. The van der Waals surface area contributed by atoms with Crippen LogP contribution in [-0.4, -0.2) is 74.4 Å². The van der Waals surface area contributed by atoms with Gasteiger partial charge in [0.05, 0.1) is 45.7 Å². The number of esters is 1. The highest BCUT2D eigenvalue weighted by Crippen LogP contribution is 2.42. The fourth-order valence-electron chi connectivity index (χ4n) is 7.72. The summed E-state index contributed by atoms with van der Waals surface area (Å²) in [5, 5.41) is -0.0504. The van der Waals surface area contributed by atoms with Gasteiger partial charge < -0.3 is 32.8 Å². The van der Waals surface area contributed by atoms with Crippen LogP contribution in [0.25, 0.3) is 0 Å². The molecule has 0 amide bonds. The van der Waals surface area contributed by atoms with Gasteiger partial charge in [0, 0.05) is 36.8 Å². The smallest absolute Gasteiger partial charge is 0.339 e. The van der Waals surface area contributed by atoms with Gasteiger partial charge in [0.15, 0.2) is 20.7 Å². The lowest BCUT2D eigenvalue weighted by molar-refractivity contribution is -0.255. The summed E-state index contributed by atoms with van der Waals surface area (Å²) in [4.78, 5) is 13.7. The first kappa shape index (κ1) is 47.9. The van der Waals surface area contributed by atoms with Gasteiger partial charge in [-0.15, -0.1) is 0 Å². The molecule has 10 heteroatoms. The van der Waals surface area contributed by atoms with Crippen molar-refractivity contribution in [2.24, 2.45) is 23.7 Å². The molecule has 1 saturated heterocycles. The Labute approximate surface area is 342 Å². The fraction of sp³-hybridized carbons (Fsp3) is 0.674. The van der Waals surface area contributed by atoms with Crippen LogP contribution in [0, 0.1) is 35.5 Å². The van der Waals surface area contributed by atoms with Crippen LogP contribution in [0.4, 0.5) is 0 Å². The average molecular weight is 811 g/mol. The molecule has 0 radical (unpaired) electrons. The topological polar surface area (TPSA) is 81.7 Å². The Morgan fingerprint density at radius 1 is 0.929 bits per heavy atom. The van der Waals surface area contributed by atoms with Crippen molar-refractivity contribution in [2.75, 3.05) is 27.6 Å². The van der Waals surface area contributed by atoms with Crippen molar-refractivity contribution in [1.29, 1.82) is 0 Å². The van der Waals surface area contributed by atoms with E-state index in [1.165, 1.54) is 24.2 Å². The summed E-state index contributed by atoms with van der Waals surface area (Å²) in [6.45, 7) is 27.8. The van der Waals surface area contributed by atoms with Crippen molar-refractivity contribution < 1.29 is 37.6 Å². The van der Waals surface area contributed by atoms with Crippen molar-refractivity contribution >= 4 is 22.4 Å². The zero-order chi connectivity index (χ0) is 41.7. The van der Waals surface area contributed by atoms with E-state index in [0.29, 0.717) is 24.5 Å². The van der Waals surface area contributed by atoms with Crippen LogP contribution in [-0.2, 0) is 28.1 Å². The number of hydrogen-bond donors (Lipinski definition) is 0. The van der Waals surface area contributed by atoms with Gasteiger partial charge in [-0.25, -0.2) is 4.79 Å². The molecule has 9 atom stereocenters. The Kier molecular flexibility index (Phi) is 18.8. The Bertz CT molecular complexity index is 1500. The molecule has 0 spiro atoms. The van der Waals surface area contributed by atoms with Gasteiger partial charge in [-0.3, -0.25) is 0 Å². The lowest BCUT2D eigenvalue weighted by atomic mass is 9.86. The van der Waals surface area contributed by atoms with E-state index >= 15 is 0 Å². The van der Waals surface area contributed by atoms with E-state index in [2.05, 4.69) is 94.2 Å². The third kappa shape index (κ3) is 13.3. The molecule has 8 nitrogen and oxygen atoms in total. The maximum absolute atomic E-state index is 13.7. The third-order valence-corrected chi connectivity index (χ3v) is 23.2. The second-order valence-corrected chi connectivity index (χ2v) is 27.9. The molecule has 0 saturated carbocycles. The first-order valence-electron chi connectivity index (χ1n) is 20.9. The first-order valence-corrected chi connectivity index (χ1v) is 26.6. The number of benzene rings is 2. The Hall–Kier alpha value is -2.50. The molecule has 1 fully saturated rings. The molecule has 2 aromatic carbocycles. The van der Waals surface area contributed by atoms with E-state index in [4.69, 9.17) is 32.8 Å². The van der Waals surface area contributed by atoms with Gasteiger partial charge in [-0.2, -0.15) is 0 Å². The fourth-order valence-corrected chi connectivity index (χ4v) is 13.1. The maximum atomic E-state index is 13.7. The lowest BCUT2D eigenvalue weighted by Crippen LogP contribution is -2.50. The highest BCUT2D eigenvalue weighted by Gasteiger charge is 2.44. The molecule has 1 aliphatic heterocycles. The van der Waals surface area contributed by atoms with Crippen LogP contribution >= 0.6 is 0 Å². The first-order chi connectivity index (χ1) is 26.4. The van der Waals surface area contributed by atoms with Crippen LogP contribution in [0.15, 0.2) is 54.6 Å². The van der Waals surface area contributed by atoms with Crippen LogP contribution in [0.5, 0.6) is 5.75 Å².